The van der Waals surface area contributed by atoms with E-state index in [9.17, 15) is 4.79 Å². The number of nitrogens with one attached hydrogen (secondary N) is 1. The van der Waals surface area contributed by atoms with E-state index >= 15 is 0 Å². The summed E-state index contributed by atoms with van der Waals surface area (Å²) >= 11 is 0. The molecule has 0 bridgehead atoms. The van der Waals surface area contributed by atoms with E-state index in [4.69, 9.17) is 10.1 Å². The maximum absolute atomic E-state index is 12.2. The molecular formula is C22H20N2O2. The smallest absolute Gasteiger partial charge is 0.328 e. The van der Waals surface area contributed by atoms with Gasteiger partial charge in [-0.3, -0.25) is 5.41 Å². The summed E-state index contributed by atoms with van der Waals surface area (Å²) in [5.41, 5.74) is 5.28. The first-order valence-corrected chi connectivity index (χ1v) is 8.72. The second kappa shape index (κ2) is 6.64. The van der Waals surface area contributed by atoms with Crippen LogP contribution >= 0.6 is 0 Å². The predicted molar refractivity (Wildman–Crippen MR) is 101 cm³/mol. The third kappa shape index (κ3) is 2.64. The zero-order valence-corrected chi connectivity index (χ0v) is 14.6. The van der Waals surface area contributed by atoms with E-state index in [1.54, 1.807) is 0 Å². The van der Waals surface area contributed by atoms with Crippen LogP contribution in [-0.2, 0) is 16.0 Å². The lowest BCUT2D eigenvalue weighted by molar-refractivity contribution is -0.144. The average molecular weight is 344 g/mol. The van der Waals surface area contributed by atoms with Crippen molar-refractivity contribution in [2.45, 2.75) is 18.9 Å². The molecule has 0 amide bonds. The highest BCUT2D eigenvalue weighted by molar-refractivity contribution is 5.84. The Morgan fingerprint density at radius 3 is 2.27 bits per heavy atom. The Morgan fingerprint density at radius 1 is 1.04 bits per heavy atom. The Balaban J connectivity index is 2.01. The van der Waals surface area contributed by atoms with Crippen LogP contribution in [0.5, 0.6) is 0 Å². The molecule has 4 nitrogen and oxygen atoms in total. The van der Waals surface area contributed by atoms with Crippen LogP contribution in [-0.4, -0.2) is 17.6 Å². The van der Waals surface area contributed by atoms with Crippen LogP contribution < -0.4 is 5.49 Å². The Kier molecular flexibility index (Phi) is 4.17. The number of aromatic nitrogens is 1. The monoisotopic (exact) mass is 344 g/mol. The lowest BCUT2D eigenvalue weighted by Gasteiger charge is -2.19. The molecule has 4 heteroatoms. The van der Waals surface area contributed by atoms with Crippen LogP contribution in [0.1, 0.15) is 18.2 Å². The van der Waals surface area contributed by atoms with E-state index in [1.165, 1.54) is 7.11 Å². The predicted octanol–water partition coefficient (Wildman–Crippen LogP) is 3.96. The van der Waals surface area contributed by atoms with Crippen molar-refractivity contribution in [2.24, 2.45) is 0 Å². The molecule has 2 heterocycles. The number of pyridine rings is 1. The molecule has 0 unspecified atom stereocenters. The average Bonchev–Trinajstić information content (AvgIpc) is 3.13. The number of hydrogen-bond acceptors (Lipinski definition) is 3. The van der Waals surface area contributed by atoms with Gasteiger partial charge in [0.25, 0.3) is 0 Å². The summed E-state index contributed by atoms with van der Waals surface area (Å²) in [6.45, 7) is 0. The van der Waals surface area contributed by atoms with Crippen molar-refractivity contribution >= 4 is 5.97 Å². The molecule has 1 aromatic heterocycles. The van der Waals surface area contributed by atoms with E-state index in [2.05, 4.69) is 18.2 Å². The van der Waals surface area contributed by atoms with Gasteiger partial charge >= 0.3 is 5.97 Å². The van der Waals surface area contributed by atoms with Gasteiger partial charge in [-0.05, 0) is 35.6 Å². The number of rotatable bonds is 3. The Labute approximate surface area is 152 Å². The van der Waals surface area contributed by atoms with Crippen molar-refractivity contribution in [2.75, 3.05) is 7.11 Å². The third-order valence-corrected chi connectivity index (χ3v) is 4.97. The largest absolute Gasteiger partial charge is 0.467 e. The summed E-state index contributed by atoms with van der Waals surface area (Å²) in [6.07, 6.45) is 1.44. The van der Waals surface area contributed by atoms with Crippen molar-refractivity contribution < 1.29 is 9.53 Å². The highest BCUT2D eigenvalue weighted by Crippen LogP contribution is 2.34. The molecule has 0 saturated carbocycles. The van der Waals surface area contributed by atoms with Crippen LogP contribution in [0, 0.1) is 5.41 Å². The van der Waals surface area contributed by atoms with Gasteiger partial charge in [0.2, 0.25) is 0 Å². The van der Waals surface area contributed by atoms with Crippen molar-refractivity contribution in [3.63, 3.8) is 0 Å². The SMILES string of the molecule is COC(=O)[C@@H]1CCc2cc(-c3ccccc3)c(-c3ccccc3)c(=N)n21. The van der Waals surface area contributed by atoms with Gasteiger partial charge in [0, 0.05) is 11.3 Å². The lowest BCUT2D eigenvalue weighted by atomic mass is 9.95. The second-order valence-corrected chi connectivity index (χ2v) is 6.45. The van der Waals surface area contributed by atoms with Gasteiger partial charge in [-0.1, -0.05) is 60.7 Å². The fraction of sp³-hybridized carbons (Fsp3) is 0.182. The van der Waals surface area contributed by atoms with Crippen LogP contribution in [0.2, 0.25) is 0 Å². The van der Waals surface area contributed by atoms with E-state index < -0.39 is 6.04 Å². The van der Waals surface area contributed by atoms with Crippen LogP contribution in [0.4, 0.5) is 0 Å². The Morgan fingerprint density at radius 2 is 1.65 bits per heavy atom. The van der Waals surface area contributed by atoms with Crippen molar-refractivity contribution in [3.8, 4) is 22.3 Å². The zero-order valence-electron chi connectivity index (χ0n) is 14.6. The van der Waals surface area contributed by atoms with Gasteiger partial charge in [0.05, 0.1) is 7.11 Å². The van der Waals surface area contributed by atoms with Gasteiger partial charge in [0.15, 0.2) is 0 Å². The Bertz CT molecular complexity index is 1010. The van der Waals surface area contributed by atoms with Crippen molar-refractivity contribution in [3.05, 3.63) is 77.9 Å². The number of aryl methyl sites for hydroxylation is 1. The van der Waals surface area contributed by atoms with Gasteiger partial charge < -0.3 is 9.30 Å². The summed E-state index contributed by atoms with van der Waals surface area (Å²) in [7, 11) is 1.40. The molecule has 2 aromatic carbocycles. The number of benzene rings is 2. The zero-order chi connectivity index (χ0) is 18.1. The standard InChI is InChI=1S/C22H20N2O2/c1-26-22(25)19-13-12-17-14-18(15-8-4-2-5-9-15)20(21(23)24(17)19)16-10-6-3-7-11-16/h2-11,14,19,23H,12-13H2,1H3/t19-/m0/s1. The number of esters is 1. The van der Waals surface area contributed by atoms with E-state index in [1.807, 2.05) is 53.1 Å². The summed E-state index contributed by atoms with van der Waals surface area (Å²) < 4.78 is 6.80. The number of nitrogens with zero attached hydrogens (tertiary/aromatic N) is 1. The van der Waals surface area contributed by atoms with Gasteiger partial charge in [-0.15, -0.1) is 0 Å². The highest BCUT2D eigenvalue weighted by Gasteiger charge is 2.31. The molecule has 26 heavy (non-hydrogen) atoms. The number of methoxy groups -OCH3 is 1. The van der Waals surface area contributed by atoms with E-state index in [-0.39, 0.29) is 5.97 Å². The van der Waals surface area contributed by atoms with Crippen molar-refractivity contribution in [1.82, 2.24) is 4.57 Å². The van der Waals surface area contributed by atoms with Crippen LogP contribution in [0.3, 0.4) is 0 Å². The first kappa shape index (κ1) is 16.3. The molecule has 0 radical (unpaired) electrons. The van der Waals surface area contributed by atoms with Gasteiger partial charge in [0.1, 0.15) is 11.5 Å². The number of carbonyl (C=O) groups excluding carboxylic acids is 1. The fourth-order valence-electron chi connectivity index (χ4n) is 3.76. The topological polar surface area (TPSA) is 55.1 Å². The molecular weight excluding hydrogens is 324 g/mol. The van der Waals surface area contributed by atoms with Crippen LogP contribution in [0.15, 0.2) is 66.7 Å². The first-order valence-electron chi connectivity index (χ1n) is 8.72. The number of fused-ring (bicyclic) bond motifs is 1. The molecule has 1 N–H and O–H groups in total. The summed E-state index contributed by atoms with van der Waals surface area (Å²) in [5.74, 6) is -0.284. The maximum atomic E-state index is 12.2. The molecule has 0 aliphatic carbocycles. The van der Waals surface area contributed by atoms with E-state index in [0.717, 1.165) is 34.4 Å². The summed E-state index contributed by atoms with van der Waals surface area (Å²) in [5, 5.41) is 8.91. The van der Waals surface area contributed by atoms with E-state index in [0.29, 0.717) is 11.9 Å². The molecule has 1 aliphatic heterocycles. The molecule has 1 aliphatic rings. The second-order valence-electron chi connectivity index (χ2n) is 6.45. The van der Waals surface area contributed by atoms with Crippen LogP contribution in [0.25, 0.3) is 22.3 Å². The quantitative estimate of drug-likeness (QED) is 0.731. The molecule has 0 spiro atoms. The minimum atomic E-state index is -0.421. The molecule has 3 aromatic rings. The van der Waals surface area contributed by atoms with Crippen molar-refractivity contribution in [1.29, 1.82) is 5.41 Å². The molecule has 0 saturated heterocycles. The summed E-state index contributed by atoms with van der Waals surface area (Å²) in [6, 6.07) is 21.7. The summed E-state index contributed by atoms with van der Waals surface area (Å²) in [4.78, 5) is 12.2. The van der Waals surface area contributed by atoms with Gasteiger partial charge in [-0.2, -0.15) is 0 Å². The lowest BCUT2D eigenvalue weighted by Crippen LogP contribution is -2.30. The molecule has 4 rings (SSSR count). The normalized spacial score (nSPS) is 15.5. The fourth-order valence-corrected chi connectivity index (χ4v) is 3.76. The third-order valence-electron chi connectivity index (χ3n) is 4.97. The first-order chi connectivity index (χ1) is 12.7. The molecule has 0 fully saturated rings. The number of ether oxygens (including phenoxy) is 1. The number of hydrogen-bond donors (Lipinski definition) is 1. The molecule has 1 atom stereocenters. The highest BCUT2D eigenvalue weighted by atomic mass is 16.5. The van der Waals surface area contributed by atoms with Gasteiger partial charge in [-0.25, -0.2) is 4.79 Å². The molecule has 130 valence electrons. The Hall–Kier alpha value is -3.14. The number of carbonyl (C=O) groups is 1. The minimum absolute atomic E-state index is 0.284. The maximum Gasteiger partial charge on any atom is 0.328 e. The minimum Gasteiger partial charge on any atom is -0.467 e.